The molecule has 5 nitrogen and oxygen atoms in total. The lowest BCUT2D eigenvalue weighted by Gasteiger charge is -2.16. The summed E-state index contributed by atoms with van der Waals surface area (Å²) in [6.07, 6.45) is 2.35. The normalized spacial score (nSPS) is 16.9. The molecule has 7 heteroatoms. The minimum Gasteiger partial charge on any atom is -0.497 e. The Balaban J connectivity index is 1.81. The van der Waals surface area contributed by atoms with E-state index in [1.54, 1.807) is 25.6 Å². The van der Waals surface area contributed by atoms with Crippen molar-refractivity contribution in [3.8, 4) is 22.8 Å². The fourth-order valence-electron chi connectivity index (χ4n) is 3.44. The van der Waals surface area contributed by atoms with Crippen LogP contribution in [0, 0.1) is 0 Å². The molecule has 0 N–H and O–H groups in total. The first-order valence-electron chi connectivity index (χ1n) is 9.50. The van der Waals surface area contributed by atoms with E-state index in [1.165, 1.54) is 0 Å². The Morgan fingerprint density at radius 1 is 1.17 bits per heavy atom. The maximum atomic E-state index is 6.02. The summed E-state index contributed by atoms with van der Waals surface area (Å²) in [5, 5.41) is 2.82. The molecule has 1 saturated heterocycles. The van der Waals surface area contributed by atoms with Crippen LogP contribution in [-0.2, 0) is 11.3 Å². The summed E-state index contributed by atoms with van der Waals surface area (Å²) < 4.78 is 19.1. The largest absolute Gasteiger partial charge is 0.497 e. The summed E-state index contributed by atoms with van der Waals surface area (Å²) in [6, 6.07) is 13.4. The Kier molecular flexibility index (Phi) is 6.23. The van der Waals surface area contributed by atoms with Crippen molar-refractivity contribution < 1.29 is 14.2 Å². The number of methoxy groups -OCH3 is 2. The molecule has 1 unspecified atom stereocenters. The predicted octanol–water partition coefficient (Wildman–Crippen LogP) is 5.30. The van der Waals surface area contributed by atoms with Crippen LogP contribution in [0.1, 0.15) is 12.8 Å². The van der Waals surface area contributed by atoms with Crippen LogP contribution in [0.2, 0.25) is 5.02 Å². The zero-order valence-corrected chi connectivity index (χ0v) is 18.0. The van der Waals surface area contributed by atoms with E-state index >= 15 is 0 Å². The lowest BCUT2D eigenvalue weighted by molar-refractivity contribution is 0.0968. The smallest absolute Gasteiger partial charge is 0.190 e. The monoisotopic (exact) mass is 430 g/mol. The van der Waals surface area contributed by atoms with Crippen LogP contribution >= 0.6 is 22.9 Å². The molecule has 1 aliphatic heterocycles. The number of hydrogen-bond acceptors (Lipinski definition) is 5. The van der Waals surface area contributed by atoms with Gasteiger partial charge in [0.2, 0.25) is 0 Å². The molecule has 4 rings (SSSR count). The van der Waals surface area contributed by atoms with Crippen molar-refractivity contribution in [2.24, 2.45) is 4.99 Å². The molecular weight excluding hydrogens is 408 g/mol. The van der Waals surface area contributed by atoms with E-state index in [0.717, 1.165) is 59.2 Å². The van der Waals surface area contributed by atoms with Gasteiger partial charge in [0, 0.05) is 28.6 Å². The first kappa shape index (κ1) is 20.0. The molecule has 0 aliphatic carbocycles. The molecule has 0 saturated carbocycles. The Morgan fingerprint density at radius 2 is 2.00 bits per heavy atom. The Hall–Kier alpha value is -2.28. The van der Waals surface area contributed by atoms with Crippen LogP contribution in [0.5, 0.6) is 11.5 Å². The van der Waals surface area contributed by atoms with Crippen LogP contribution in [0.15, 0.2) is 52.8 Å². The van der Waals surface area contributed by atoms with Gasteiger partial charge in [-0.1, -0.05) is 11.6 Å². The van der Waals surface area contributed by atoms with Gasteiger partial charge in [0.15, 0.2) is 4.80 Å². The minimum atomic E-state index is 0.191. The standard InChI is InChI=1S/C22H23ClN2O3S/c1-26-17-9-10-19(21(12-17)27-2)20-14-29-22(24-16-7-5-15(23)6-8-16)25(20)13-18-4-3-11-28-18/h5-10,12,14,18H,3-4,11,13H2,1-2H3. The topological polar surface area (TPSA) is 45.0 Å². The molecule has 1 fully saturated rings. The molecule has 3 aromatic rings. The summed E-state index contributed by atoms with van der Waals surface area (Å²) >= 11 is 7.62. The fraction of sp³-hybridized carbons (Fsp3) is 0.318. The van der Waals surface area contributed by atoms with Crippen molar-refractivity contribution in [2.45, 2.75) is 25.5 Å². The fourth-order valence-corrected chi connectivity index (χ4v) is 4.49. The van der Waals surface area contributed by atoms with Crippen molar-refractivity contribution in [3.63, 3.8) is 0 Å². The van der Waals surface area contributed by atoms with Crippen molar-refractivity contribution in [3.05, 3.63) is 57.7 Å². The summed E-state index contributed by atoms with van der Waals surface area (Å²) in [4.78, 5) is 5.77. The summed E-state index contributed by atoms with van der Waals surface area (Å²) in [7, 11) is 3.33. The van der Waals surface area contributed by atoms with Crippen LogP contribution in [0.3, 0.4) is 0 Å². The van der Waals surface area contributed by atoms with Gasteiger partial charge in [0.1, 0.15) is 11.5 Å². The highest BCUT2D eigenvalue weighted by molar-refractivity contribution is 7.07. The van der Waals surface area contributed by atoms with Crippen molar-refractivity contribution in [1.82, 2.24) is 4.57 Å². The van der Waals surface area contributed by atoms with Crippen molar-refractivity contribution in [2.75, 3.05) is 20.8 Å². The van der Waals surface area contributed by atoms with Gasteiger partial charge in [-0.2, -0.15) is 0 Å². The molecular formula is C22H23ClN2O3S. The second kappa shape index (κ2) is 9.03. The quantitative estimate of drug-likeness (QED) is 0.533. The third-order valence-electron chi connectivity index (χ3n) is 4.94. The first-order chi connectivity index (χ1) is 14.2. The summed E-state index contributed by atoms with van der Waals surface area (Å²) in [6.45, 7) is 1.57. The van der Waals surface area contributed by atoms with Crippen LogP contribution < -0.4 is 14.3 Å². The number of hydrogen-bond donors (Lipinski definition) is 0. The Bertz CT molecular complexity index is 1040. The van der Waals surface area contributed by atoms with E-state index in [-0.39, 0.29) is 6.10 Å². The van der Waals surface area contributed by atoms with E-state index in [1.807, 2.05) is 42.5 Å². The lowest BCUT2D eigenvalue weighted by Crippen LogP contribution is -2.24. The summed E-state index contributed by atoms with van der Waals surface area (Å²) in [5.41, 5.74) is 2.92. The van der Waals surface area contributed by atoms with Crippen molar-refractivity contribution in [1.29, 1.82) is 0 Å². The third kappa shape index (κ3) is 4.50. The predicted molar refractivity (Wildman–Crippen MR) is 116 cm³/mol. The molecule has 1 aliphatic rings. The van der Waals surface area contributed by atoms with Gasteiger partial charge >= 0.3 is 0 Å². The van der Waals surface area contributed by atoms with E-state index in [4.69, 9.17) is 30.8 Å². The molecule has 2 aromatic carbocycles. The lowest BCUT2D eigenvalue weighted by atomic mass is 10.1. The Labute approximate surface area is 179 Å². The molecule has 0 amide bonds. The number of rotatable bonds is 6. The van der Waals surface area contributed by atoms with Crippen molar-refractivity contribution >= 4 is 28.6 Å². The van der Waals surface area contributed by atoms with Gasteiger partial charge in [-0.3, -0.25) is 0 Å². The number of thiazole rings is 1. The van der Waals surface area contributed by atoms with Crippen LogP contribution in [0.25, 0.3) is 11.3 Å². The molecule has 0 radical (unpaired) electrons. The van der Waals surface area contributed by atoms with Gasteiger partial charge in [0.25, 0.3) is 0 Å². The maximum Gasteiger partial charge on any atom is 0.190 e. The summed E-state index contributed by atoms with van der Waals surface area (Å²) in [5.74, 6) is 1.53. The number of ether oxygens (including phenoxy) is 3. The van der Waals surface area contributed by atoms with Crippen LogP contribution in [0.4, 0.5) is 5.69 Å². The van der Waals surface area contributed by atoms with Gasteiger partial charge < -0.3 is 18.8 Å². The van der Waals surface area contributed by atoms with Gasteiger partial charge in [-0.15, -0.1) is 11.3 Å². The number of nitrogens with zero attached hydrogens (tertiary/aromatic N) is 2. The maximum absolute atomic E-state index is 6.02. The second-order valence-corrected chi connectivity index (χ2v) is 8.08. The average molecular weight is 431 g/mol. The molecule has 2 heterocycles. The highest BCUT2D eigenvalue weighted by Crippen LogP contribution is 2.34. The van der Waals surface area contributed by atoms with E-state index < -0.39 is 0 Å². The average Bonchev–Trinajstić information content (AvgIpc) is 3.40. The third-order valence-corrected chi connectivity index (χ3v) is 6.06. The number of aromatic nitrogens is 1. The Morgan fingerprint density at radius 3 is 2.69 bits per heavy atom. The van der Waals surface area contributed by atoms with Crippen LogP contribution in [-0.4, -0.2) is 31.5 Å². The number of benzene rings is 2. The zero-order chi connectivity index (χ0) is 20.2. The van der Waals surface area contributed by atoms with Gasteiger partial charge in [0.05, 0.1) is 38.2 Å². The molecule has 0 bridgehead atoms. The van der Waals surface area contributed by atoms with Gasteiger partial charge in [-0.05, 0) is 49.2 Å². The molecule has 152 valence electrons. The SMILES string of the molecule is COc1ccc(-c2csc(=Nc3ccc(Cl)cc3)n2CC2CCCO2)c(OC)c1. The highest BCUT2D eigenvalue weighted by atomic mass is 35.5. The van der Waals surface area contributed by atoms with Gasteiger partial charge in [-0.25, -0.2) is 4.99 Å². The second-order valence-electron chi connectivity index (χ2n) is 6.80. The number of halogens is 1. The molecule has 1 aromatic heterocycles. The van der Waals surface area contributed by atoms with E-state index in [2.05, 4.69) is 9.95 Å². The minimum absolute atomic E-state index is 0.191. The molecule has 0 spiro atoms. The molecule has 29 heavy (non-hydrogen) atoms. The zero-order valence-electron chi connectivity index (χ0n) is 16.4. The van der Waals surface area contributed by atoms with E-state index in [9.17, 15) is 0 Å². The molecule has 1 atom stereocenters. The highest BCUT2D eigenvalue weighted by Gasteiger charge is 2.20. The first-order valence-corrected chi connectivity index (χ1v) is 10.8. The van der Waals surface area contributed by atoms with E-state index in [0.29, 0.717) is 5.02 Å².